The fourth-order valence-electron chi connectivity index (χ4n) is 5.02. The van der Waals surface area contributed by atoms with E-state index in [9.17, 15) is 4.39 Å². The van der Waals surface area contributed by atoms with Crippen LogP contribution in [0.15, 0.2) is 66.9 Å². The summed E-state index contributed by atoms with van der Waals surface area (Å²) >= 11 is 12.3. The van der Waals surface area contributed by atoms with Gasteiger partial charge < -0.3 is 14.8 Å². The standard InChI is InChI=1S/C28H26ClFN4S/c1-16-14-20(11-12-23(16)30)34-27(26(32-28(34)35)24-9-5-6-13-31-24)21-15-17(2)33(19(21)4)25-10-7-8-22(29)18(25)3/h5-15,26-27H,1-4H3,(H,32,35)/t26-,27-/m0/s1. The van der Waals surface area contributed by atoms with E-state index in [2.05, 4.69) is 45.7 Å². The Morgan fingerprint density at radius 2 is 1.80 bits per heavy atom. The minimum Gasteiger partial charge on any atom is -0.351 e. The largest absolute Gasteiger partial charge is 0.351 e. The normalized spacial score (nSPS) is 17.7. The van der Waals surface area contributed by atoms with Crippen LogP contribution in [0.1, 0.15) is 45.9 Å². The summed E-state index contributed by atoms with van der Waals surface area (Å²) in [6.07, 6.45) is 1.79. The van der Waals surface area contributed by atoms with Crippen molar-refractivity contribution in [3.8, 4) is 5.69 Å². The lowest BCUT2D eigenvalue weighted by atomic mass is 9.96. The van der Waals surface area contributed by atoms with Gasteiger partial charge in [-0.3, -0.25) is 4.98 Å². The van der Waals surface area contributed by atoms with Gasteiger partial charge in [0.2, 0.25) is 0 Å². The maximum atomic E-state index is 14.1. The van der Waals surface area contributed by atoms with Gasteiger partial charge in [-0.15, -0.1) is 0 Å². The molecule has 0 unspecified atom stereocenters. The Kier molecular flexibility index (Phi) is 6.11. The van der Waals surface area contributed by atoms with Crippen molar-refractivity contribution < 1.29 is 4.39 Å². The van der Waals surface area contributed by atoms with E-state index in [1.807, 2.05) is 43.3 Å². The smallest absolute Gasteiger partial charge is 0.174 e. The van der Waals surface area contributed by atoms with E-state index in [1.165, 1.54) is 6.07 Å². The van der Waals surface area contributed by atoms with Gasteiger partial charge in [0.25, 0.3) is 0 Å². The third-order valence-electron chi connectivity index (χ3n) is 6.79. The summed E-state index contributed by atoms with van der Waals surface area (Å²) < 4.78 is 16.4. The van der Waals surface area contributed by atoms with E-state index >= 15 is 0 Å². The van der Waals surface area contributed by atoms with E-state index in [0.717, 1.165) is 44.6 Å². The van der Waals surface area contributed by atoms with Crippen LogP contribution in [0.3, 0.4) is 0 Å². The number of rotatable bonds is 4. The van der Waals surface area contributed by atoms with E-state index in [1.54, 1.807) is 19.2 Å². The summed E-state index contributed by atoms with van der Waals surface area (Å²) in [5.41, 5.74) is 7.68. The topological polar surface area (TPSA) is 33.1 Å². The van der Waals surface area contributed by atoms with Crippen molar-refractivity contribution in [2.75, 3.05) is 4.90 Å². The fourth-order valence-corrected chi connectivity index (χ4v) is 5.54. The molecule has 7 heteroatoms. The molecule has 0 radical (unpaired) electrons. The van der Waals surface area contributed by atoms with Crippen LogP contribution in [0.4, 0.5) is 10.1 Å². The Morgan fingerprint density at radius 3 is 2.51 bits per heavy atom. The first-order valence-electron chi connectivity index (χ1n) is 11.5. The maximum absolute atomic E-state index is 14.1. The highest BCUT2D eigenvalue weighted by molar-refractivity contribution is 7.80. The predicted molar refractivity (Wildman–Crippen MR) is 144 cm³/mol. The molecule has 5 rings (SSSR count). The molecule has 0 spiro atoms. The number of hydrogen-bond acceptors (Lipinski definition) is 2. The monoisotopic (exact) mass is 504 g/mol. The van der Waals surface area contributed by atoms with Crippen molar-refractivity contribution in [2.45, 2.75) is 39.8 Å². The molecule has 1 fully saturated rings. The first-order chi connectivity index (χ1) is 16.8. The van der Waals surface area contributed by atoms with E-state index in [4.69, 9.17) is 23.8 Å². The lowest BCUT2D eigenvalue weighted by Crippen LogP contribution is -2.29. The number of hydrogen-bond donors (Lipinski definition) is 1. The molecule has 2 aromatic carbocycles. The number of anilines is 1. The fraction of sp³-hybridized carbons (Fsp3) is 0.214. The lowest BCUT2D eigenvalue weighted by molar-refractivity contribution is 0.564. The number of halogens is 2. The molecule has 1 saturated heterocycles. The minimum atomic E-state index is -0.237. The highest BCUT2D eigenvalue weighted by Gasteiger charge is 2.42. The molecule has 2 atom stereocenters. The van der Waals surface area contributed by atoms with Gasteiger partial charge in [-0.05, 0) is 105 Å². The van der Waals surface area contributed by atoms with Crippen LogP contribution >= 0.6 is 23.8 Å². The molecule has 0 bridgehead atoms. The number of nitrogens with zero attached hydrogens (tertiary/aromatic N) is 3. The lowest BCUT2D eigenvalue weighted by Gasteiger charge is -2.28. The maximum Gasteiger partial charge on any atom is 0.174 e. The molecule has 1 aliphatic heterocycles. The summed E-state index contributed by atoms with van der Waals surface area (Å²) in [6, 6.07) is 18.8. The number of thiocarbonyl (C=S) groups is 1. The van der Waals surface area contributed by atoms with Gasteiger partial charge in [-0.25, -0.2) is 4.39 Å². The van der Waals surface area contributed by atoms with E-state index < -0.39 is 0 Å². The molecule has 0 aliphatic carbocycles. The van der Waals surface area contributed by atoms with Gasteiger partial charge >= 0.3 is 0 Å². The van der Waals surface area contributed by atoms with Crippen LogP contribution in [0.25, 0.3) is 5.69 Å². The Morgan fingerprint density at radius 1 is 1.00 bits per heavy atom. The quantitative estimate of drug-likeness (QED) is 0.301. The third kappa shape index (κ3) is 4.01. The van der Waals surface area contributed by atoms with Crippen molar-refractivity contribution in [3.05, 3.63) is 111 Å². The molecule has 35 heavy (non-hydrogen) atoms. The Bertz CT molecular complexity index is 1430. The van der Waals surface area contributed by atoms with Gasteiger partial charge in [-0.2, -0.15) is 0 Å². The highest BCUT2D eigenvalue weighted by Crippen LogP contribution is 2.44. The molecule has 1 N–H and O–H groups in total. The molecule has 178 valence electrons. The minimum absolute atomic E-state index is 0.177. The van der Waals surface area contributed by atoms with Gasteiger partial charge in [0.1, 0.15) is 5.82 Å². The second-order valence-corrected chi connectivity index (χ2v) is 9.77. The van der Waals surface area contributed by atoms with Crippen molar-refractivity contribution in [1.29, 1.82) is 0 Å². The zero-order valence-corrected chi connectivity index (χ0v) is 21.6. The van der Waals surface area contributed by atoms with Crippen molar-refractivity contribution in [3.63, 3.8) is 0 Å². The third-order valence-corrected chi connectivity index (χ3v) is 7.51. The molecule has 1 aliphatic rings. The number of benzene rings is 2. The van der Waals surface area contributed by atoms with Crippen molar-refractivity contribution in [1.82, 2.24) is 14.9 Å². The van der Waals surface area contributed by atoms with Crippen LogP contribution in [-0.4, -0.2) is 14.7 Å². The van der Waals surface area contributed by atoms with E-state index in [-0.39, 0.29) is 17.9 Å². The number of nitrogens with one attached hydrogen (secondary N) is 1. The number of pyridine rings is 1. The molecular weight excluding hydrogens is 479 g/mol. The SMILES string of the molecule is Cc1cc(N2C(=S)N[C@@H](c3ccccn3)[C@@H]2c2cc(C)n(-c3cccc(Cl)c3C)c2C)ccc1F. The van der Waals surface area contributed by atoms with Crippen LogP contribution < -0.4 is 10.2 Å². The van der Waals surface area contributed by atoms with Crippen LogP contribution in [0, 0.1) is 33.5 Å². The molecule has 0 amide bonds. The van der Waals surface area contributed by atoms with Crippen LogP contribution in [-0.2, 0) is 0 Å². The van der Waals surface area contributed by atoms with Gasteiger partial charge in [0.05, 0.1) is 17.8 Å². The van der Waals surface area contributed by atoms with Gasteiger partial charge in [0, 0.05) is 34.0 Å². The van der Waals surface area contributed by atoms with Gasteiger partial charge in [-0.1, -0.05) is 23.7 Å². The summed E-state index contributed by atoms with van der Waals surface area (Å²) in [6.45, 7) is 8.02. The van der Waals surface area contributed by atoms with Crippen LogP contribution in [0.5, 0.6) is 0 Å². The van der Waals surface area contributed by atoms with Gasteiger partial charge in [0.15, 0.2) is 5.11 Å². The van der Waals surface area contributed by atoms with Crippen LogP contribution in [0.2, 0.25) is 5.02 Å². The predicted octanol–water partition coefficient (Wildman–Crippen LogP) is 7.08. The molecule has 3 heterocycles. The number of aryl methyl sites for hydroxylation is 2. The molecule has 0 saturated carbocycles. The second-order valence-electron chi connectivity index (χ2n) is 8.98. The Balaban J connectivity index is 1.71. The summed E-state index contributed by atoms with van der Waals surface area (Å²) in [5.74, 6) is -0.237. The summed E-state index contributed by atoms with van der Waals surface area (Å²) in [5, 5.41) is 4.80. The van der Waals surface area contributed by atoms with E-state index in [0.29, 0.717) is 10.7 Å². The molecular formula is C28H26ClFN4S. The van der Waals surface area contributed by atoms with Crippen molar-refractivity contribution in [2.24, 2.45) is 0 Å². The Labute approximate surface area is 215 Å². The zero-order chi connectivity index (χ0) is 24.9. The first kappa shape index (κ1) is 23.5. The summed E-state index contributed by atoms with van der Waals surface area (Å²) in [4.78, 5) is 6.72. The Hall–Kier alpha value is -3.22. The average molecular weight is 505 g/mol. The second kappa shape index (κ2) is 9.10. The van der Waals surface area contributed by atoms with Crippen molar-refractivity contribution >= 4 is 34.6 Å². The zero-order valence-electron chi connectivity index (χ0n) is 20.0. The average Bonchev–Trinajstić information content (AvgIpc) is 3.33. The molecule has 4 aromatic rings. The number of aromatic nitrogens is 2. The summed E-state index contributed by atoms with van der Waals surface area (Å²) in [7, 11) is 0. The molecule has 2 aromatic heterocycles. The first-order valence-corrected chi connectivity index (χ1v) is 12.3. The molecule has 4 nitrogen and oxygen atoms in total. The highest BCUT2D eigenvalue weighted by atomic mass is 35.5.